The standard InChI is InChI=1S/C35H23N3/c1-3-11-26(12-4-1)33-36-34(27-13-5-2-6-14-27)38-35(37-33)30-21-19-25-16-9-17-31(32(25)23-30)29-20-18-24-10-7-8-15-28(24)22-29/h1-23H. The van der Waals surface area contributed by atoms with Crippen LogP contribution in [0.5, 0.6) is 0 Å². The lowest BCUT2D eigenvalue weighted by molar-refractivity contribution is 1.07. The first-order chi connectivity index (χ1) is 18.8. The molecule has 178 valence electrons. The lowest BCUT2D eigenvalue weighted by Gasteiger charge is -2.11. The third kappa shape index (κ3) is 4.10. The molecule has 0 bridgehead atoms. The Labute approximate surface area is 221 Å². The summed E-state index contributed by atoms with van der Waals surface area (Å²) >= 11 is 0. The molecule has 0 unspecified atom stereocenters. The molecule has 0 aliphatic rings. The maximum Gasteiger partial charge on any atom is 0.164 e. The molecular formula is C35H23N3. The third-order valence-corrected chi connectivity index (χ3v) is 6.90. The molecule has 0 fully saturated rings. The van der Waals surface area contributed by atoms with Crippen LogP contribution in [0, 0.1) is 0 Å². The minimum atomic E-state index is 0.660. The number of aromatic nitrogens is 3. The van der Waals surface area contributed by atoms with Crippen LogP contribution in [-0.4, -0.2) is 15.0 Å². The van der Waals surface area contributed by atoms with E-state index in [-0.39, 0.29) is 0 Å². The normalized spacial score (nSPS) is 11.2. The second kappa shape index (κ2) is 9.38. The predicted octanol–water partition coefficient (Wildman–Crippen LogP) is 8.85. The molecule has 0 spiro atoms. The van der Waals surface area contributed by atoms with Gasteiger partial charge in [0.25, 0.3) is 0 Å². The molecule has 0 aliphatic carbocycles. The van der Waals surface area contributed by atoms with Crippen LogP contribution in [0.15, 0.2) is 140 Å². The predicted molar refractivity (Wildman–Crippen MR) is 157 cm³/mol. The molecular weight excluding hydrogens is 462 g/mol. The van der Waals surface area contributed by atoms with Gasteiger partial charge in [-0.25, -0.2) is 15.0 Å². The summed E-state index contributed by atoms with van der Waals surface area (Å²) in [4.78, 5) is 14.7. The highest BCUT2D eigenvalue weighted by atomic mass is 15.0. The van der Waals surface area contributed by atoms with Crippen molar-refractivity contribution >= 4 is 21.5 Å². The molecule has 3 heteroatoms. The fourth-order valence-electron chi connectivity index (χ4n) is 4.96. The Morgan fingerprint density at radius 1 is 0.316 bits per heavy atom. The zero-order valence-electron chi connectivity index (χ0n) is 20.6. The molecule has 0 N–H and O–H groups in total. The van der Waals surface area contributed by atoms with E-state index in [0.29, 0.717) is 17.5 Å². The summed E-state index contributed by atoms with van der Waals surface area (Å²) < 4.78 is 0. The van der Waals surface area contributed by atoms with Crippen LogP contribution in [0.1, 0.15) is 0 Å². The fourth-order valence-corrected chi connectivity index (χ4v) is 4.96. The minimum Gasteiger partial charge on any atom is -0.208 e. The average Bonchev–Trinajstić information content (AvgIpc) is 3.01. The molecule has 1 aromatic heterocycles. The van der Waals surface area contributed by atoms with Crippen molar-refractivity contribution in [3.8, 4) is 45.3 Å². The Morgan fingerprint density at radius 3 is 1.53 bits per heavy atom. The third-order valence-electron chi connectivity index (χ3n) is 6.90. The summed E-state index contributed by atoms with van der Waals surface area (Å²) in [7, 11) is 0. The Hall–Kier alpha value is -5.15. The van der Waals surface area contributed by atoms with Gasteiger partial charge in [-0.1, -0.05) is 127 Å². The highest BCUT2D eigenvalue weighted by Gasteiger charge is 2.13. The van der Waals surface area contributed by atoms with Gasteiger partial charge in [0.1, 0.15) is 0 Å². The van der Waals surface area contributed by atoms with Crippen molar-refractivity contribution < 1.29 is 0 Å². The SMILES string of the molecule is c1ccc(-c2nc(-c3ccccc3)nc(-c3ccc4cccc(-c5ccc6ccccc6c5)c4c3)n2)cc1. The number of nitrogens with zero attached hydrogens (tertiary/aromatic N) is 3. The topological polar surface area (TPSA) is 38.7 Å². The van der Waals surface area contributed by atoms with Gasteiger partial charge in [-0.2, -0.15) is 0 Å². The lowest BCUT2D eigenvalue weighted by atomic mass is 9.95. The monoisotopic (exact) mass is 485 g/mol. The molecule has 6 aromatic carbocycles. The summed E-state index contributed by atoms with van der Waals surface area (Å²) in [5.41, 5.74) is 5.27. The second-order valence-electron chi connectivity index (χ2n) is 9.34. The summed E-state index contributed by atoms with van der Waals surface area (Å²) in [6.45, 7) is 0. The van der Waals surface area contributed by atoms with E-state index in [2.05, 4.69) is 78.9 Å². The van der Waals surface area contributed by atoms with Crippen molar-refractivity contribution in [1.29, 1.82) is 0 Å². The first-order valence-electron chi connectivity index (χ1n) is 12.7. The van der Waals surface area contributed by atoms with E-state index < -0.39 is 0 Å². The maximum atomic E-state index is 4.93. The van der Waals surface area contributed by atoms with Gasteiger partial charge in [0.2, 0.25) is 0 Å². The lowest BCUT2D eigenvalue weighted by Crippen LogP contribution is -2.00. The quantitative estimate of drug-likeness (QED) is 0.250. The molecule has 0 saturated heterocycles. The number of hydrogen-bond acceptors (Lipinski definition) is 3. The van der Waals surface area contributed by atoms with Gasteiger partial charge in [0.15, 0.2) is 17.5 Å². The van der Waals surface area contributed by atoms with Crippen LogP contribution in [0.3, 0.4) is 0 Å². The van der Waals surface area contributed by atoms with E-state index >= 15 is 0 Å². The first-order valence-corrected chi connectivity index (χ1v) is 12.7. The summed E-state index contributed by atoms with van der Waals surface area (Å²) in [5.74, 6) is 1.99. The Morgan fingerprint density at radius 2 is 0.842 bits per heavy atom. The van der Waals surface area contributed by atoms with E-state index in [9.17, 15) is 0 Å². The van der Waals surface area contributed by atoms with Crippen LogP contribution in [0.4, 0.5) is 0 Å². The highest BCUT2D eigenvalue weighted by molar-refractivity contribution is 6.00. The zero-order chi connectivity index (χ0) is 25.3. The summed E-state index contributed by atoms with van der Waals surface area (Å²) in [6, 6.07) is 48.2. The Kier molecular flexibility index (Phi) is 5.45. The van der Waals surface area contributed by atoms with Gasteiger partial charge in [-0.3, -0.25) is 0 Å². The van der Waals surface area contributed by atoms with Crippen LogP contribution in [-0.2, 0) is 0 Å². The molecule has 38 heavy (non-hydrogen) atoms. The molecule has 0 saturated carbocycles. The summed E-state index contributed by atoms with van der Waals surface area (Å²) in [6.07, 6.45) is 0. The number of rotatable bonds is 4. The van der Waals surface area contributed by atoms with Gasteiger partial charge in [0.05, 0.1) is 0 Å². The highest BCUT2D eigenvalue weighted by Crippen LogP contribution is 2.34. The van der Waals surface area contributed by atoms with Gasteiger partial charge in [-0.15, -0.1) is 0 Å². The van der Waals surface area contributed by atoms with Crippen LogP contribution in [0.25, 0.3) is 66.8 Å². The van der Waals surface area contributed by atoms with Gasteiger partial charge < -0.3 is 0 Å². The van der Waals surface area contributed by atoms with E-state index in [0.717, 1.165) is 16.7 Å². The van der Waals surface area contributed by atoms with Gasteiger partial charge >= 0.3 is 0 Å². The molecule has 3 nitrogen and oxygen atoms in total. The van der Waals surface area contributed by atoms with Crippen LogP contribution in [0.2, 0.25) is 0 Å². The Balaban J connectivity index is 1.41. The van der Waals surface area contributed by atoms with E-state index in [1.165, 1.54) is 32.7 Å². The smallest absolute Gasteiger partial charge is 0.164 e. The number of fused-ring (bicyclic) bond motifs is 2. The van der Waals surface area contributed by atoms with E-state index in [1.54, 1.807) is 0 Å². The van der Waals surface area contributed by atoms with E-state index in [4.69, 9.17) is 15.0 Å². The van der Waals surface area contributed by atoms with Gasteiger partial charge in [0, 0.05) is 16.7 Å². The molecule has 0 aliphatic heterocycles. The van der Waals surface area contributed by atoms with E-state index in [1.807, 2.05) is 60.7 Å². The van der Waals surface area contributed by atoms with Crippen molar-refractivity contribution in [2.24, 2.45) is 0 Å². The molecule has 1 heterocycles. The largest absolute Gasteiger partial charge is 0.208 e. The number of benzene rings is 6. The number of hydrogen-bond donors (Lipinski definition) is 0. The second-order valence-corrected chi connectivity index (χ2v) is 9.34. The Bertz CT molecular complexity index is 1850. The minimum absolute atomic E-state index is 0.660. The average molecular weight is 486 g/mol. The van der Waals surface area contributed by atoms with Crippen molar-refractivity contribution in [2.45, 2.75) is 0 Å². The summed E-state index contributed by atoms with van der Waals surface area (Å²) in [5, 5.41) is 4.82. The molecule has 0 amide bonds. The van der Waals surface area contributed by atoms with Gasteiger partial charge in [-0.05, 0) is 44.8 Å². The molecule has 7 aromatic rings. The fraction of sp³-hybridized carbons (Fsp3) is 0. The van der Waals surface area contributed by atoms with Crippen LogP contribution >= 0.6 is 0 Å². The van der Waals surface area contributed by atoms with Crippen molar-refractivity contribution in [1.82, 2.24) is 15.0 Å². The molecule has 0 radical (unpaired) electrons. The molecule has 7 rings (SSSR count). The van der Waals surface area contributed by atoms with Crippen molar-refractivity contribution in [2.75, 3.05) is 0 Å². The van der Waals surface area contributed by atoms with Crippen LogP contribution < -0.4 is 0 Å². The molecule has 0 atom stereocenters. The maximum absolute atomic E-state index is 4.93. The first kappa shape index (κ1) is 22.1. The van der Waals surface area contributed by atoms with Crippen molar-refractivity contribution in [3.05, 3.63) is 140 Å². The zero-order valence-corrected chi connectivity index (χ0v) is 20.6. The van der Waals surface area contributed by atoms with Crippen molar-refractivity contribution in [3.63, 3.8) is 0 Å².